The number of nitrogen functional groups attached to an aromatic ring is 1. The van der Waals surface area contributed by atoms with Crippen LogP contribution in [0.25, 0.3) is 11.4 Å². The van der Waals surface area contributed by atoms with Gasteiger partial charge >= 0.3 is 0 Å². The zero-order valence-corrected chi connectivity index (χ0v) is 9.07. The van der Waals surface area contributed by atoms with Gasteiger partial charge in [0.25, 0.3) is 0 Å². The highest BCUT2D eigenvalue weighted by Gasteiger charge is 2.14. The third-order valence-corrected chi connectivity index (χ3v) is 2.23. The van der Waals surface area contributed by atoms with Crippen LogP contribution in [-0.4, -0.2) is 10.1 Å². The number of rotatable bonds is 2. The molecule has 2 N–H and O–H groups in total. The maximum absolute atomic E-state index is 13.2. The standard InChI is InChI=1S/C11H12FN3O/c1-6(2)11-14-10(15-16-11)7-4-3-5-8(12)9(7)13/h3-6H,13H2,1-2H3. The predicted octanol–water partition coefficient (Wildman–Crippen LogP) is 2.58. The van der Waals surface area contributed by atoms with Gasteiger partial charge in [0, 0.05) is 11.5 Å². The highest BCUT2D eigenvalue weighted by atomic mass is 19.1. The van der Waals surface area contributed by atoms with Crippen LogP contribution >= 0.6 is 0 Å². The summed E-state index contributed by atoms with van der Waals surface area (Å²) < 4.78 is 18.3. The summed E-state index contributed by atoms with van der Waals surface area (Å²) in [5.74, 6) is 0.490. The van der Waals surface area contributed by atoms with E-state index in [4.69, 9.17) is 10.3 Å². The Balaban J connectivity index is 2.47. The van der Waals surface area contributed by atoms with Gasteiger partial charge in [-0.3, -0.25) is 0 Å². The summed E-state index contributed by atoms with van der Waals surface area (Å²) in [6, 6.07) is 4.52. The smallest absolute Gasteiger partial charge is 0.229 e. The molecule has 5 heteroatoms. The lowest BCUT2D eigenvalue weighted by Crippen LogP contribution is -1.95. The zero-order chi connectivity index (χ0) is 11.7. The molecule has 16 heavy (non-hydrogen) atoms. The van der Waals surface area contributed by atoms with Crippen LogP contribution in [0, 0.1) is 5.82 Å². The molecule has 0 amide bonds. The second kappa shape index (κ2) is 3.92. The first-order valence-electron chi connectivity index (χ1n) is 4.97. The van der Waals surface area contributed by atoms with Crippen LogP contribution in [0.1, 0.15) is 25.7 Å². The molecule has 0 aliphatic carbocycles. The number of halogens is 1. The first-order valence-corrected chi connectivity index (χ1v) is 4.97. The Kier molecular flexibility index (Phi) is 2.60. The van der Waals surface area contributed by atoms with Crippen LogP contribution in [-0.2, 0) is 0 Å². The molecule has 1 aromatic carbocycles. The molecule has 0 atom stereocenters. The quantitative estimate of drug-likeness (QED) is 0.791. The van der Waals surface area contributed by atoms with Gasteiger partial charge in [-0.15, -0.1) is 0 Å². The Morgan fingerprint density at radius 2 is 2.12 bits per heavy atom. The van der Waals surface area contributed by atoms with E-state index in [-0.39, 0.29) is 11.6 Å². The van der Waals surface area contributed by atoms with Crippen molar-refractivity contribution in [3.63, 3.8) is 0 Å². The van der Waals surface area contributed by atoms with Crippen LogP contribution in [0.4, 0.5) is 10.1 Å². The summed E-state index contributed by atoms with van der Waals surface area (Å²) in [6.45, 7) is 3.87. The fourth-order valence-electron chi connectivity index (χ4n) is 1.31. The van der Waals surface area contributed by atoms with Crippen molar-refractivity contribution in [1.29, 1.82) is 0 Å². The van der Waals surface area contributed by atoms with Crippen molar-refractivity contribution in [3.8, 4) is 11.4 Å². The number of nitrogens with zero attached hydrogens (tertiary/aromatic N) is 2. The van der Waals surface area contributed by atoms with Gasteiger partial charge in [-0.2, -0.15) is 4.98 Å². The monoisotopic (exact) mass is 221 g/mol. The summed E-state index contributed by atoms with van der Waals surface area (Å²) >= 11 is 0. The minimum absolute atomic E-state index is 0.0404. The summed E-state index contributed by atoms with van der Waals surface area (Å²) in [4.78, 5) is 4.16. The van der Waals surface area contributed by atoms with Crippen molar-refractivity contribution >= 4 is 5.69 Å². The van der Waals surface area contributed by atoms with Gasteiger partial charge in [-0.05, 0) is 12.1 Å². The van der Waals surface area contributed by atoms with Gasteiger partial charge in [-0.25, -0.2) is 4.39 Å². The molecule has 1 heterocycles. The van der Waals surface area contributed by atoms with Crippen molar-refractivity contribution in [2.45, 2.75) is 19.8 Å². The van der Waals surface area contributed by atoms with Crippen molar-refractivity contribution in [3.05, 3.63) is 29.9 Å². The molecule has 0 spiro atoms. The summed E-state index contributed by atoms with van der Waals surface area (Å²) in [6.07, 6.45) is 0. The number of nitrogens with two attached hydrogens (primary N) is 1. The largest absolute Gasteiger partial charge is 0.396 e. The fourth-order valence-corrected chi connectivity index (χ4v) is 1.31. The molecule has 0 unspecified atom stereocenters. The zero-order valence-electron chi connectivity index (χ0n) is 9.07. The lowest BCUT2D eigenvalue weighted by molar-refractivity contribution is 0.365. The van der Waals surface area contributed by atoms with Gasteiger partial charge in [-0.1, -0.05) is 25.1 Å². The van der Waals surface area contributed by atoms with E-state index in [1.165, 1.54) is 6.07 Å². The highest BCUT2D eigenvalue weighted by molar-refractivity contribution is 5.71. The predicted molar refractivity (Wildman–Crippen MR) is 58.2 cm³/mol. The molecule has 0 bridgehead atoms. The second-order valence-corrected chi connectivity index (χ2v) is 3.81. The Morgan fingerprint density at radius 1 is 1.38 bits per heavy atom. The van der Waals surface area contributed by atoms with Gasteiger partial charge in [0.15, 0.2) is 0 Å². The number of hydrogen-bond donors (Lipinski definition) is 1. The average Bonchev–Trinajstić information content (AvgIpc) is 2.71. The second-order valence-electron chi connectivity index (χ2n) is 3.81. The Labute approximate surface area is 92.3 Å². The number of anilines is 1. The molecule has 0 saturated heterocycles. The third-order valence-electron chi connectivity index (χ3n) is 2.23. The SMILES string of the molecule is CC(C)c1nc(-c2cccc(F)c2N)no1. The Hall–Kier alpha value is -1.91. The van der Waals surface area contributed by atoms with E-state index < -0.39 is 5.82 Å². The minimum atomic E-state index is -0.478. The molecular formula is C11H12FN3O. The number of para-hydroxylation sites is 1. The van der Waals surface area contributed by atoms with Crippen molar-refractivity contribution in [2.75, 3.05) is 5.73 Å². The first kappa shape index (κ1) is 10.6. The lowest BCUT2D eigenvalue weighted by Gasteiger charge is -2.00. The van der Waals surface area contributed by atoms with E-state index in [1.807, 2.05) is 13.8 Å². The first-order chi connectivity index (χ1) is 7.59. The molecule has 0 fully saturated rings. The molecule has 1 aromatic heterocycles. The van der Waals surface area contributed by atoms with Crippen molar-refractivity contribution in [1.82, 2.24) is 10.1 Å². The Bertz CT molecular complexity index is 508. The topological polar surface area (TPSA) is 64.9 Å². The molecule has 2 aromatic rings. The molecule has 0 aliphatic heterocycles. The van der Waals surface area contributed by atoms with Gasteiger partial charge in [0.05, 0.1) is 5.69 Å². The molecule has 4 nitrogen and oxygen atoms in total. The number of aromatic nitrogens is 2. The molecule has 0 saturated carbocycles. The molecule has 2 rings (SSSR count). The average molecular weight is 221 g/mol. The maximum atomic E-state index is 13.2. The van der Waals surface area contributed by atoms with E-state index >= 15 is 0 Å². The van der Waals surface area contributed by atoms with E-state index in [0.29, 0.717) is 17.3 Å². The van der Waals surface area contributed by atoms with Crippen LogP contribution in [0.2, 0.25) is 0 Å². The minimum Gasteiger partial charge on any atom is -0.396 e. The van der Waals surface area contributed by atoms with Crippen LogP contribution in [0.3, 0.4) is 0 Å². The van der Waals surface area contributed by atoms with E-state index in [1.54, 1.807) is 12.1 Å². The van der Waals surface area contributed by atoms with Crippen molar-refractivity contribution < 1.29 is 8.91 Å². The van der Waals surface area contributed by atoms with Crippen LogP contribution in [0.15, 0.2) is 22.7 Å². The summed E-state index contributed by atoms with van der Waals surface area (Å²) in [5.41, 5.74) is 6.10. The highest BCUT2D eigenvalue weighted by Crippen LogP contribution is 2.26. The van der Waals surface area contributed by atoms with E-state index in [0.717, 1.165) is 0 Å². The third kappa shape index (κ3) is 1.76. The van der Waals surface area contributed by atoms with Gasteiger partial charge < -0.3 is 10.3 Å². The van der Waals surface area contributed by atoms with Gasteiger partial charge in [0.2, 0.25) is 11.7 Å². The van der Waals surface area contributed by atoms with Gasteiger partial charge in [0.1, 0.15) is 5.82 Å². The normalized spacial score (nSPS) is 11.0. The van der Waals surface area contributed by atoms with Crippen LogP contribution < -0.4 is 5.73 Å². The molecule has 0 radical (unpaired) electrons. The summed E-state index contributed by atoms with van der Waals surface area (Å²) in [5, 5.41) is 3.78. The van der Waals surface area contributed by atoms with E-state index in [9.17, 15) is 4.39 Å². The number of benzene rings is 1. The Morgan fingerprint density at radius 3 is 2.75 bits per heavy atom. The fraction of sp³-hybridized carbons (Fsp3) is 0.273. The lowest BCUT2D eigenvalue weighted by atomic mass is 10.1. The molecule has 0 aliphatic rings. The molecule has 84 valence electrons. The number of hydrogen-bond acceptors (Lipinski definition) is 4. The van der Waals surface area contributed by atoms with E-state index in [2.05, 4.69) is 10.1 Å². The van der Waals surface area contributed by atoms with Crippen molar-refractivity contribution in [2.24, 2.45) is 0 Å². The maximum Gasteiger partial charge on any atom is 0.229 e. The molecular weight excluding hydrogens is 209 g/mol. The van der Waals surface area contributed by atoms with Crippen LogP contribution in [0.5, 0.6) is 0 Å². The summed E-state index contributed by atoms with van der Waals surface area (Å²) in [7, 11) is 0.